The highest BCUT2D eigenvalue weighted by Gasteiger charge is 2.25. The summed E-state index contributed by atoms with van der Waals surface area (Å²) in [5.74, 6) is 0.372. The van der Waals surface area contributed by atoms with Gasteiger partial charge in [0.1, 0.15) is 0 Å². The zero-order chi connectivity index (χ0) is 18.2. The molecule has 1 aliphatic rings. The average Bonchev–Trinajstić information content (AvgIpc) is 2.66. The Labute approximate surface area is 151 Å². The SMILES string of the molecule is CCCCN(C)C(=O)c1cccc([C@@H]2CCCN(C(=O)NCC)C2)c1. The number of hydrogen-bond acceptors (Lipinski definition) is 2. The smallest absolute Gasteiger partial charge is 0.317 e. The van der Waals surface area contributed by atoms with Crippen LogP contribution in [-0.4, -0.2) is 55.0 Å². The van der Waals surface area contributed by atoms with Gasteiger partial charge in [0.25, 0.3) is 5.91 Å². The number of amides is 3. The van der Waals surface area contributed by atoms with Crippen LogP contribution in [0.15, 0.2) is 24.3 Å². The van der Waals surface area contributed by atoms with Gasteiger partial charge in [0.2, 0.25) is 0 Å². The normalized spacial score (nSPS) is 17.2. The first-order chi connectivity index (χ1) is 12.1. The minimum Gasteiger partial charge on any atom is -0.342 e. The molecule has 0 bridgehead atoms. The fourth-order valence-corrected chi connectivity index (χ4v) is 3.34. The quantitative estimate of drug-likeness (QED) is 0.858. The van der Waals surface area contributed by atoms with E-state index in [4.69, 9.17) is 0 Å². The predicted octanol–water partition coefficient (Wildman–Crippen LogP) is 3.47. The third-order valence-electron chi connectivity index (χ3n) is 4.84. The van der Waals surface area contributed by atoms with Crippen LogP contribution in [0.2, 0.25) is 0 Å². The Bertz CT molecular complexity index is 588. The number of nitrogens with one attached hydrogen (secondary N) is 1. The van der Waals surface area contributed by atoms with Gasteiger partial charge in [-0.15, -0.1) is 0 Å². The second kappa shape index (κ2) is 9.44. The summed E-state index contributed by atoms with van der Waals surface area (Å²) in [5, 5.41) is 2.88. The van der Waals surface area contributed by atoms with Gasteiger partial charge in [0, 0.05) is 44.7 Å². The number of benzene rings is 1. The number of likely N-dealkylation sites (tertiary alicyclic amines) is 1. The van der Waals surface area contributed by atoms with Gasteiger partial charge in [-0.3, -0.25) is 4.79 Å². The standard InChI is InChI=1S/C20H31N3O2/c1-4-6-12-22(3)19(24)17-10-7-9-16(14-17)18-11-8-13-23(15-18)20(25)21-5-2/h7,9-10,14,18H,4-6,8,11-13,15H2,1-3H3,(H,21,25)/t18-/m1/s1. The molecule has 1 atom stereocenters. The maximum absolute atomic E-state index is 12.6. The van der Waals surface area contributed by atoms with Gasteiger partial charge >= 0.3 is 6.03 Å². The molecular weight excluding hydrogens is 314 g/mol. The lowest BCUT2D eigenvalue weighted by Gasteiger charge is -2.33. The first kappa shape index (κ1) is 19.3. The van der Waals surface area contributed by atoms with E-state index in [9.17, 15) is 9.59 Å². The number of carbonyl (C=O) groups is 2. The van der Waals surface area contributed by atoms with Crippen molar-refractivity contribution < 1.29 is 9.59 Å². The van der Waals surface area contributed by atoms with Crippen LogP contribution in [-0.2, 0) is 0 Å². The highest BCUT2D eigenvalue weighted by molar-refractivity contribution is 5.94. The van der Waals surface area contributed by atoms with Gasteiger partial charge in [-0.05, 0) is 43.9 Å². The van der Waals surface area contributed by atoms with E-state index < -0.39 is 0 Å². The molecule has 138 valence electrons. The molecule has 1 aliphatic heterocycles. The molecule has 5 heteroatoms. The first-order valence-corrected chi connectivity index (χ1v) is 9.45. The summed E-state index contributed by atoms with van der Waals surface area (Å²) < 4.78 is 0. The fourth-order valence-electron chi connectivity index (χ4n) is 3.34. The first-order valence-electron chi connectivity index (χ1n) is 9.45. The van der Waals surface area contributed by atoms with Gasteiger partial charge in [0.15, 0.2) is 0 Å². The predicted molar refractivity (Wildman–Crippen MR) is 101 cm³/mol. The Morgan fingerprint density at radius 1 is 1.32 bits per heavy atom. The fraction of sp³-hybridized carbons (Fsp3) is 0.600. The van der Waals surface area contributed by atoms with Crippen LogP contribution in [0.5, 0.6) is 0 Å². The van der Waals surface area contributed by atoms with Crippen molar-refractivity contribution in [1.29, 1.82) is 0 Å². The van der Waals surface area contributed by atoms with Crippen LogP contribution in [0, 0.1) is 0 Å². The van der Waals surface area contributed by atoms with Crippen molar-refractivity contribution in [2.75, 3.05) is 33.2 Å². The Kier molecular flexibility index (Phi) is 7.29. The summed E-state index contributed by atoms with van der Waals surface area (Å²) >= 11 is 0. The molecular formula is C20H31N3O2. The number of nitrogens with zero attached hydrogens (tertiary/aromatic N) is 2. The third-order valence-corrected chi connectivity index (χ3v) is 4.84. The number of hydrogen-bond donors (Lipinski definition) is 1. The van der Waals surface area contributed by atoms with Crippen molar-refractivity contribution in [2.24, 2.45) is 0 Å². The lowest BCUT2D eigenvalue weighted by molar-refractivity contribution is 0.0793. The van der Waals surface area contributed by atoms with E-state index in [1.54, 1.807) is 4.90 Å². The highest BCUT2D eigenvalue weighted by atomic mass is 16.2. The summed E-state index contributed by atoms with van der Waals surface area (Å²) in [6, 6.07) is 7.95. The van der Waals surface area contributed by atoms with Crippen molar-refractivity contribution in [2.45, 2.75) is 45.4 Å². The van der Waals surface area contributed by atoms with Gasteiger partial charge in [-0.2, -0.15) is 0 Å². The van der Waals surface area contributed by atoms with Crippen molar-refractivity contribution in [1.82, 2.24) is 15.1 Å². The molecule has 0 spiro atoms. The molecule has 1 saturated heterocycles. The number of piperidine rings is 1. The third kappa shape index (κ3) is 5.21. The number of carbonyl (C=O) groups excluding carboxylic acids is 2. The molecule has 5 nitrogen and oxygen atoms in total. The van der Waals surface area contributed by atoms with Crippen molar-refractivity contribution >= 4 is 11.9 Å². The van der Waals surface area contributed by atoms with E-state index >= 15 is 0 Å². The minimum absolute atomic E-state index is 0.0127. The number of urea groups is 1. The summed E-state index contributed by atoms with van der Waals surface area (Å²) in [5.41, 5.74) is 1.90. The Morgan fingerprint density at radius 3 is 2.84 bits per heavy atom. The van der Waals surface area contributed by atoms with Gasteiger partial charge in [0.05, 0.1) is 0 Å². The molecule has 0 unspecified atom stereocenters. The van der Waals surface area contributed by atoms with Crippen LogP contribution in [0.1, 0.15) is 61.4 Å². The zero-order valence-electron chi connectivity index (χ0n) is 15.8. The Morgan fingerprint density at radius 2 is 2.12 bits per heavy atom. The molecule has 25 heavy (non-hydrogen) atoms. The molecule has 0 aromatic heterocycles. The van der Waals surface area contributed by atoms with Crippen LogP contribution in [0.3, 0.4) is 0 Å². The van der Waals surface area contributed by atoms with Crippen LogP contribution >= 0.6 is 0 Å². The number of unbranched alkanes of at least 4 members (excludes halogenated alkanes) is 1. The molecule has 1 aromatic rings. The van der Waals surface area contributed by atoms with E-state index in [2.05, 4.69) is 18.3 Å². The molecule has 1 N–H and O–H groups in total. The van der Waals surface area contributed by atoms with Crippen molar-refractivity contribution in [3.8, 4) is 0 Å². The van der Waals surface area contributed by atoms with Crippen LogP contribution in [0.25, 0.3) is 0 Å². The maximum Gasteiger partial charge on any atom is 0.317 e. The molecule has 2 rings (SSSR count). The minimum atomic E-state index is 0.0127. The van der Waals surface area contributed by atoms with Crippen LogP contribution in [0.4, 0.5) is 4.79 Å². The second-order valence-corrected chi connectivity index (χ2v) is 6.83. The molecule has 0 saturated carbocycles. The summed E-state index contributed by atoms with van der Waals surface area (Å²) in [6.45, 7) is 7.02. The molecule has 1 aromatic carbocycles. The van der Waals surface area contributed by atoms with Gasteiger partial charge in [-0.25, -0.2) is 4.79 Å². The number of rotatable bonds is 6. The Balaban J connectivity index is 2.07. The Hall–Kier alpha value is -2.04. The van der Waals surface area contributed by atoms with E-state index in [1.165, 1.54) is 0 Å². The van der Waals surface area contributed by atoms with Gasteiger partial charge in [-0.1, -0.05) is 25.5 Å². The van der Waals surface area contributed by atoms with E-state index in [-0.39, 0.29) is 11.9 Å². The lowest BCUT2D eigenvalue weighted by Crippen LogP contribution is -2.44. The zero-order valence-corrected chi connectivity index (χ0v) is 15.8. The average molecular weight is 345 g/mol. The highest BCUT2D eigenvalue weighted by Crippen LogP contribution is 2.27. The van der Waals surface area contributed by atoms with Crippen molar-refractivity contribution in [3.05, 3.63) is 35.4 Å². The molecule has 0 radical (unpaired) electrons. The topological polar surface area (TPSA) is 52.7 Å². The monoisotopic (exact) mass is 345 g/mol. The summed E-state index contributed by atoms with van der Waals surface area (Å²) in [7, 11) is 1.86. The maximum atomic E-state index is 12.6. The van der Waals surface area contributed by atoms with Crippen LogP contribution < -0.4 is 5.32 Å². The van der Waals surface area contributed by atoms with Gasteiger partial charge < -0.3 is 15.1 Å². The molecule has 1 heterocycles. The summed E-state index contributed by atoms with van der Waals surface area (Å²) in [4.78, 5) is 28.4. The van der Waals surface area contributed by atoms with Crippen molar-refractivity contribution in [3.63, 3.8) is 0 Å². The molecule has 1 fully saturated rings. The van der Waals surface area contributed by atoms with E-state index in [0.717, 1.165) is 56.4 Å². The lowest BCUT2D eigenvalue weighted by atomic mass is 9.89. The summed E-state index contributed by atoms with van der Waals surface area (Å²) in [6.07, 6.45) is 4.15. The van der Waals surface area contributed by atoms with E-state index in [0.29, 0.717) is 12.5 Å². The second-order valence-electron chi connectivity index (χ2n) is 6.83. The van der Waals surface area contributed by atoms with E-state index in [1.807, 2.05) is 37.1 Å². The molecule has 3 amide bonds. The largest absolute Gasteiger partial charge is 0.342 e. The molecule has 0 aliphatic carbocycles.